The van der Waals surface area contributed by atoms with E-state index in [1.54, 1.807) is 24.9 Å². The number of nitrogens with zero attached hydrogens (tertiary/aromatic N) is 2. The van der Waals surface area contributed by atoms with E-state index in [2.05, 4.69) is 5.10 Å². The summed E-state index contributed by atoms with van der Waals surface area (Å²) in [7, 11) is 1.76. The van der Waals surface area contributed by atoms with E-state index >= 15 is 0 Å². The SMILES string of the molecule is CCOCc1nn(C)cc1C(=O)OCC. The molecule has 1 heterocycles. The Labute approximate surface area is 89.0 Å². The zero-order valence-corrected chi connectivity index (χ0v) is 9.32. The quantitative estimate of drug-likeness (QED) is 0.687. The van der Waals surface area contributed by atoms with Gasteiger partial charge >= 0.3 is 5.97 Å². The molecule has 0 saturated heterocycles. The van der Waals surface area contributed by atoms with Crippen LogP contribution in [0.1, 0.15) is 29.9 Å². The van der Waals surface area contributed by atoms with Crippen LogP contribution in [0, 0.1) is 0 Å². The van der Waals surface area contributed by atoms with E-state index in [0.29, 0.717) is 31.1 Å². The number of carbonyl (C=O) groups is 1. The van der Waals surface area contributed by atoms with Gasteiger partial charge < -0.3 is 9.47 Å². The minimum atomic E-state index is -0.347. The van der Waals surface area contributed by atoms with Gasteiger partial charge in [-0.25, -0.2) is 4.79 Å². The molecule has 0 aliphatic heterocycles. The average Bonchev–Trinajstić information content (AvgIpc) is 2.57. The molecule has 84 valence electrons. The standard InChI is InChI=1S/C10H16N2O3/c1-4-14-7-9-8(6-12(3)11-9)10(13)15-5-2/h6H,4-5,7H2,1-3H3. The molecule has 0 aliphatic carbocycles. The number of aryl methyl sites for hydroxylation is 1. The first kappa shape index (κ1) is 11.7. The minimum Gasteiger partial charge on any atom is -0.462 e. The fraction of sp³-hybridized carbons (Fsp3) is 0.600. The molecular formula is C10H16N2O3. The predicted octanol–water partition coefficient (Wildman–Crippen LogP) is 1.13. The summed E-state index contributed by atoms with van der Waals surface area (Å²) in [6, 6.07) is 0. The molecular weight excluding hydrogens is 196 g/mol. The second-order valence-electron chi connectivity index (χ2n) is 3.02. The van der Waals surface area contributed by atoms with E-state index in [-0.39, 0.29) is 5.97 Å². The van der Waals surface area contributed by atoms with Crippen LogP contribution in [0.4, 0.5) is 0 Å². The van der Waals surface area contributed by atoms with Crippen LogP contribution in [0.3, 0.4) is 0 Å². The lowest BCUT2D eigenvalue weighted by Crippen LogP contribution is -2.07. The largest absolute Gasteiger partial charge is 0.462 e. The second kappa shape index (κ2) is 5.50. The summed E-state index contributed by atoms with van der Waals surface area (Å²) >= 11 is 0. The normalized spacial score (nSPS) is 10.3. The number of hydrogen-bond acceptors (Lipinski definition) is 4. The van der Waals surface area contributed by atoms with Crippen molar-refractivity contribution in [3.05, 3.63) is 17.5 Å². The summed E-state index contributed by atoms with van der Waals surface area (Å²) in [6.07, 6.45) is 1.65. The van der Waals surface area contributed by atoms with Crippen molar-refractivity contribution in [3.8, 4) is 0 Å². The van der Waals surface area contributed by atoms with Gasteiger partial charge in [-0.3, -0.25) is 4.68 Å². The molecule has 1 rings (SSSR count). The maximum Gasteiger partial charge on any atom is 0.341 e. The second-order valence-corrected chi connectivity index (χ2v) is 3.02. The Morgan fingerprint density at radius 1 is 1.47 bits per heavy atom. The molecule has 0 N–H and O–H groups in total. The molecule has 0 fully saturated rings. The smallest absolute Gasteiger partial charge is 0.341 e. The molecule has 0 aliphatic rings. The topological polar surface area (TPSA) is 53.4 Å². The molecule has 5 nitrogen and oxygen atoms in total. The van der Waals surface area contributed by atoms with Crippen LogP contribution in [0.15, 0.2) is 6.20 Å². The molecule has 1 aromatic heterocycles. The Kier molecular flexibility index (Phi) is 4.30. The van der Waals surface area contributed by atoms with Crippen LogP contribution in [-0.2, 0) is 23.1 Å². The van der Waals surface area contributed by atoms with Crippen molar-refractivity contribution in [3.63, 3.8) is 0 Å². The fourth-order valence-corrected chi connectivity index (χ4v) is 1.22. The Morgan fingerprint density at radius 3 is 2.80 bits per heavy atom. The third-order valence-corrected chi connectivity index (χ3v) is 1.84. The van der Waals surface area contributed by atoms with Crippen molar-refractivity contribution in [1.82, 2.24) is 9.78 Å². The van der Waals surface area contributed by atoms with Crippen molar-refractivity contribution >= 4 is 5.97 Å². The lowest BCUT2D eigenvalue weighted by molar-refractivity contribution is 0.0519. The van der Waals surface area contributed by atoms with Crippen LogP contribution < -0.4 is 0 Å². The first-order valence-corrected chi connectivity index (χ1v) is 4.96. The van der Waals surface area contributed by atoms with Gasteiger partial charge in [-0.15, -0.1) is 0 Å². The number of ether oxygens (including phenoxy) is 2. The van der Waals surface area contributed by atoms with Crippen molar-refractivity contribution in [2.45, 2.75) is 20.5 Å². The van der Waals surface area contributed by atoms with Gasteiger partial charge in [0.2, 0.25) is 0 Å². The number of carbonyl (C=O) groups excluding carboxylic acids is 1. The number of esters is 1. The Balaban J connectivity index is 2.80. The van der Waals surface area contributed by atoms with Crippen LogP contribution in [-0.4, -0.2) is 29.0 Å². The Morgan fingerprint density at radius 2 is 2.20 bits per heavy atom. The molecule has 0 amide bonds. The number of hydrogen-bond donors (Lipinski definition) is 0. The zero-order valence-electron chi connectivity index (χ0n) is 9.32. The fourth-order valence-electron chi connectivity index (χ4n) is 1.22. The maximum absolute atomic E-state index is 11.5. The molecule has 0 spiro atoms. The molecule has 0 atom stereocenters. The van der Waals surface area contributed by atoms with E-state index in [0.717, 1.165) is 0 Å². The zero-order chi connectivity index (χ0) is 11.3. The molecule has 0 aromatic carbocycles. The van der Waals surface area contributed by atoms with E-state index in [1.165, 1.54) is 0 Å². The molecule has 15 heavy (non-hydrogen) atoms. The average molecular weight is 212 g/mol. The molecule has 0 saturated carbocycles. The maximum atomic E-state index is 11.5. The predicted molar refractivity (Wildman–Crippen MR) is 54.5 cm³/mol. The van der Waals surface area contributed by atoms with Crippen LogP contribution in [0.2, 0.25) is 0 Å². The summed E-state index contributed by atoms with van der Waals surface area (Å²) in [5.41, 5.74) is 1.10. The van der Waals surface area contributed by atoms with Gasteiger partial charge in [0.05, 0.1) is 13.2 Å². The summed E-state index contributed by atoms with van der Waals surface area (Å²) in [5, 5.41) is 4.14. The summed E-state index contributed by atoms with van der Waals surface area (Å²) in [4.78, 5) is 11.5. The van der Waals surface area contributed by atoms with Gasteiger partial charge in [-0.05, 0) is 13.8 Å². The molecule has 0 bridgehead atoms. The van der Waals surface area contributed by atoms with Gasteiger partial charge in [0.1, 0.15) is 11.3 Å². The first-order valence-electron chi connectivity index (χ1n) is 4.96. The van der Waals surface area contributed by atoms with Crippen molar-refractivity contribution < 1.29 is 14.3 Å². The van der Waals surface area contributed by atoms with E-state index in [4.69, 9.17) is 9.47 Å². The van der Waals surface area contributed by atoms with Crippen molar-refractivity contribution in [2.75, 3.05) is 13.2 Å². The minimum absolute atomic E-state index is 0.339. The van der Waals surface area contributed by atoms with Gasteiger partial charge in [-0.1, -0.05) is 0 Å². The number of aromatic nitrogens is 2. The van der Waals surface area contributed by atoms with Gasteiger partial charge in [0, 0.05) is 19.9 Å². The van der Waals surface area contributed by atoms with Crippen molar-refractivity contribution in [1.29, 1.82) is 0 Å². The molecule has 0 radical (unpaired) electrons. The highest BCUT2D eigenvalue weighted by molar-refractivity contribution is 5.90. The van der Waals surface area contributed by atoms with E-state index in [1.807, 2.05) is 6.92 Å². The van der Waals surface area contributed by atoms with Crippen molar-refractivity contribution in [2.24, 2.45) is 7.05 Å². The lowest BCUT2D eigenvalue weighted by Gasteiger charge is -2.01. The molecule has 5 heteroatoms. The summed E-state index contributed by atoms with van der Waals surface area (Å²) in [5.74, 6) is -0.347. The third kappa shape index (κ3) is 3.06. The third-order valence-electron chi connectivity index (χ3n) is 1.84. The van der Waals surface area contributed by atoms with Crippen LogP contribution >= 0.6 is 0 Å². The Hall–Kier alpha value is -1.36. The highest BCUT2D eigenvalue weighted by Crippen LogP contribution is 2.09. The van der Waals surface area contributed by atoms with Gasteiger partial charge in [0.15, 0.2) is 0 Å². The van der Waals surface area contributed by atoms with Gasteiger partial charge in [0.25, 0.3) is 0 Å². The van der Waals surface area contributed by atoms with Crippen LogP contribution in [0.5, 0.6) is 0 Å². The van der Waals surface area contributed by atoms with Gasteiger partial charge in [-0.2, -0.15) is 5.10 Å². The summed E-state index contributed by atoms with van der Waals surface area (Å²) < 4.78 is 11.7. The lowest BCUT2D eigenvalue weighted by atomic mass is 10.2. The monoisotopic (exact) mass is 212 g/mol. The van der Waals surface area contributed by atoms with E-state index < -0.39 is 0 Å². The highest BCUT2D eigenvalue weighted by Gasteiger charge is 2.16. The van der Waals surface area contributed by atoms with Crippen LogP contribution in [0.25, 0.3) is 0 Å². The molecule has 1 aromatic rings. The number of rotatable bonds is 5. The first-order chi connectivity index (χ1) is 7.19. The highest BCUT2D eigenvalue weighted by atomic mass is 16.5. The van der Waals surface area contributed by atoms with E-state index in [9.17, 15) is 4.79 Å². The molecule has 0 unspecified atom stereocenters. The summed E-state index contributed by atoms with van der Waals surface area (Å²) in [6.45, 7) is 4.97. The Bertz CT molecular complexity index is 333.